The molecule has 4 aliphatic carbocycles. The van der Waals surface area contributed by atoms with Crippen LogP contribution in [0.4, 0.5) is 0 Å². The minimum Gasteiger partial charge on any atom is -0.590 e. The summed E-state index contributed by atoms with van der Waals surface area (Å²) in [5.74, 6) is 4.73. The summed E-state index contributed by atoms with van der Waals surface area (Å²) in [6.45, 7) is 12.6. The Morgan fingerprint density at radius 3 is 1.62 bits per heavy atom. The molecule has 202 valence electrons. The van der Waals surface area contributed by atoms with E-state index in [0.29, 0.717) is 17.6 Å². The maximum absolute atomic E-state index is 12.9. The van der Waals surface area contributed by atoms with Gasteiger partial charge in [0.1, 0.15) is 16.9 Å². The predicted molar refractivity (Wildman–Crippen MR) is 150 cm³/mol. The first-order chi connectivity index (χ1) is 17.6. The number of hydrogen-bond acceptors (Lipinski definition) is 3. The fraction of sp³-hybridized carbons (Fsp3) is 0.636. The number of hydroxylamine groups is 2. The molecule has 1 unspecified atom stereocenters. The summed E-state index contributed by atoms with van der Waals surface area (Å²) in [5.41, 5.74) is 2.24. The van der Waals surface area contributed by atoms with Crippen LogP contribution in [0, 0.1) is 28.9 Å². The van der Waals surface area contributed by atoms with E-state index in [1.54, 1.807) is 0 Å². The lowest BCUT2D eigenvalue weighted by Gasteiger charge is -2.62. The number of hydrogen-bond donors (Lipinski definition) is 1. The van der Waals surface area contributed by atoms with Crippen molar-refractivity contribution in [3.63, 3.8) is 0 Å². The molecule has 0 saturated heterocycles. The highest BCUT2D eigenvalue weighted by Crippen LogP contribution is 2.65. The van der Waals surface area contributed by atoms with Gasteiger partial charge in [0.05, 0.1) is 0 Å². The van der Waals surface area contributed by atoms with Gasteiger partial charge in [-0.2, -0.15) is 5.23 Å². The van der Waals surface area contributed by atoms with Gasteiger partial charge in [-0.1, -0.05) is 45.0 Å². The van der Waals surface area contributed by atoms with Crippen molar-refractivity contribution in [2.24, 2.45) is 23.7 Å². The minimum absolute atomic E-state index is 0.0239. The van der Waals surface area contributed by atoms with Crippen LogP contribution in [-0.2, 0) is 5.41 Å². The first-order valence-electron chi connectivity index (χ1n) is 14.8. The minimum atomic E-state index is -0.433. The molecule has 1 N–H and O–H groups in total. The van der Waals surface area contributed by atoms with Gasteiger partial charge in [0.25, 0.3) is 0 Å². The highest BCUT2D eigenvalue weighted by atomic mass is 16.9. The number of ether oxygens (including phenoxy) is 1. The summed E-state index contributed by atoms with van der Waals surface area (Å²) in [5, 5.41) is 12.8. The van der Waals surface area contributed by atoms with Gasteiger partial charge < -0.3 is 14.8 Å². The van der Waals surface area contributed by atoms with Gasteiger partial charge in [-0.05, 0) is 118 Å². The van der Waals surface area contributed by atoms with Crippen LogP contribution in [0.5, 0.6) is 11.5 Å². The largest absolute Gasteiger partial charge is 0.590 e. The Bertz CT molecular complexity index is 1030. The van der Waals surface area contributed by atoms with Crippen LogP contribution in [0.1, 0.15) is 104 Å². The Hall–Kier alpha value is -2.04. The van der Waals surface area contributed by atoms with E-state index in [4.69, 9.17) is 9.57 Å². The third kappa shape index (κ3) is 4.69. The predicted octanol–water partition coefficient (Wildman–Crippen LogP) is 7.25. The van der Waals surface area contributed by atoms with E-state index in [1.807, 2.05) is 19.1 Å². The summed E-state index contributed by atoms with van der Waals surface area (Å²) in [4.78, 5) is 5.88. The molecule has 4 fully saturated rings. The molecule has 0 amide bonds. The second kappa shape index (κ2) is 9.93. The Labute approximate surface area is 224 Å². The van der Waals surface area contributed by atoms with E-state index in [-0.39, 0.29) is 16.2 Å². The maximum atomic E-state index is 12.9. The standard InChI is InChI=1S/C33H47NO3/c1-7-31(4,5)36-29-14-10-25(11-15-29)33(27-19-23-18-24(21-27)22-28(33)20-23)26-12-16-30(17-13-26)37-34(35)32(6,8-2)9-3/h10-17,23-24,27-28,34H,7-9,18-22H2,1-6H3. The van der Waals surface area contributed by atoms with Crippen LogP contribution in [0.15, 0.2) is 48.5 Å². The molecule has 37 heavy (non-hydrogen) atoms. The van der Waals surface area contributed by atoms with Crippen molar-refractivity contribution in [1.29, 1.82) is 0 Å². The SMILES string of the molecule is CCC(C)(C)Oc1ccc(C2(c3ccc(O[NH+]([O-])C(C)(CC)CC)cc3)C3CC4CC(C3)CC2C4)cc1. The Morgan fingerprint density at radius 1 is 0.730 bits per heavy atom. The topological polar surface area (TPSA) is 46.0 Å². The van der Waals surface area contributed by atoms with Crippen molar-refractivity contribution in [2.75, 3.05) is 0 Å². The number of rotatable bonds is 10. The maximum Gasteiger partial charge on any atom is 0.190 e. The van der Waals surface area contributed by atoms with Gasteiger partial charge in [0, 0.05) is 18.3 Å². The molecule has 2 aromatic rings. The van der Waals surface area contributed by atoms with Gasteiger partial charge in [0.15, 0.2) is 5.75 Å². The molecule has 0 heterocycles. The molecule has 0 aliphatic heterocycles. The summed E-state index contributed by atoms with van der Waals surface area (Å²) in [6, 6.07) is 17.6. The van der Waals surface area contributed by atoms with E-state index in [1.165, 1.54) is 43.2 Å². The molecule has 6 rings (SSSR count). The molecule has 4 nitrogen and oxygen atoms in total. The molecule has 4 aliphatic rings. The lowest BCUT2D eigenvalue weighted by molar-refractivity contribution is -1.06. The summed E-state index contributed by atoms with van der Waals surface area (Å²) < 4.78 is 6.30. The van der Waals surface area contributed by atoms with Crippen molar-refractivity contribution in [3.8, 4) is 11.5 Å². The van der Waals surface area contributed by atoms with Gasteiger partial charge in [-0.15, -0.1) is 0 Å². The lowest BCUT2D eigenvalue weighted by Crippen LogP contribution is -3.17. The lowest BCUT2D eigenvalue weighted by atomic mass is 9.42. The zero-order chi connectivity index (χ0) is 26.4. The third-order valence-electron chi connectivity index (χ3n) is 10.6. The van der Waals surface area contributed by atoms with Gasteiger partial charge >= 0.3 is 0 Å². The van der Waals surface area contributed by atoms with Crippen LogP contribution in [0.2, 0.25) is 0 Å². The molecule has 0 radical (unpaired) electrons. The number of benzene rings is 2. The Morgan fingerprint density at radius 2 is 1.19 bits per heavy atom. The van der Waals surface area contributed by atoms with Crippen LogP contribution in [-0.4, -0.2) is 11.1 Å². The van der Waals surface area contributed by atoms with E-state index in [9.17, 15) is 5.21 Å². The molecule has 1 atom stereocenters. The zero-order valence-corrected chi connectivity index (χ0v) is 23.8. The highest BCUT2D eigenvalue weighted by molar-refractivity contribution is 5.47. The fourth-order valence-corrected chi connectivity index (χ4v) is 7.79. The first-order valence-corrected chi connectivity index (χ1v) is 14.8. The molecule has 0 spiro atoms. The van der Waals surface area contributed by atoms with Crippen molar-refractivity contribution in [1.82, 2.24) is 0 Å². The number of nitrogens with one attached hydrogen (secondary N) is 1. The molecule has 2 aromatic carbocycles. The van der Waals surface area contributed by atoms with Gasteiger partial charge in [-0.25, -0.2) is 0 Å². The van der Waals surface area contributed by atoms with E-state index < -0.39 is 5.54 Å². The Balaban J connectivity index is 1.48. The van der Waals surface area contributed by atoms with E-state index in [2.05, 4.69) is 71.0 Å². The summed E-state index contributed by atoms with van der Waals surface area (Å²) in [7, 11) is 0. The molecular weight excluding hydrogens is 458 g/mol. The van der Waals surface area contributed by atoms with Crippen molar-refractivity contribution in [3.05, 3.63) is 64.9 Å². The molecule has 4 bridgehead atoms. The molecular formula is C33H47NO3. The van der Waals surface area contributed by atoms with E-state index >= 15 is 0 Å². The highest BCUT2D eigenvalue weighted by Gasteiger charge is 2.58. The smallest absolute Gasteiger partial charge is 0.190 e. The van der Waals surface area contributed by atoms with Crippen LogP contribution >= 0.6 is 0 Å². The van der Waals surface area contributed by atoms with Crippen molar-refractivity contribution in [2.45, 2.75) is 109 Å². The molecule has 0 aromatic heterocycles. The average Bonchev–Trinajstić information content (AvgIpc) is 2.89. The second-order valence-corrected chi connectivity index (χ2v) is 13.1. The van der Waals surface area contributed by atoms with E-state index in [0.717, 1.165) is 36.8 Å². The third-order valence-corrected chi connectivity index (χ3v) is 10.6. The normalized spacial score (nSPS) is 29.8. The molecule has 4 saturated carbocycles. The van der Waals surface area contributed by atoms with Crippen LogP contribution in [0.25, 0.3) is 0 Å². The summed E-state index contributed by atoms with van der Waals surface area (Å²) >= 11 is 0. The van der Waals surface area contributed by atoms with Crippen molar-refractivity contribution >= 4 is 0 Å². The first kappa shape index (κ1) is 26.6. The monoisotopic (exact) mass is 505 g/mol. The summed E-state index contributed by atoms with van der Waals surface area (Å²) in [6.07, 6.45) is 9.29. The number of quaternary nitrogens is 1. The average molecular weight is 506 g/mol. The second-order valence-electron chi connectivity index (χ2n) is 13.1. The van der Waals surface area contributed by atoms with Crippen molar-refractivity contribution < 1.29 is 14.8 Å². The van der Waals surface area contributed by atoms with Gasteiger partial charge in [0.2, 0.25) is 0 Å². The fourth-order valence-electron chi connectivity index (χ4n) is 7.79. The quantitative estimate of drug-likeness (QED) is 0.346. The molecule has 4 heteroatoms. The van der Waals surface area contributed by atoms with Crippen LogP contribution in [0.3, 0.4) is 0 Å². The zero-order valence-electron chi connectivity index (χ0n) is 23.8. The van der Waals surface area contributed by atoms with Crippen LogP contribution < -0.4 is 14.8 Å². The Kier molecular flexibility index (Phi) is 7.13. The van der Waals surface area contributed by atoms with Gasteiger partial charge in [-0.3, -0.25) is 0 Å².